The number of nitro benzene ring substituents is 1. The molecule has 4 rings (SSSR count). The molecule has 11 nitrogen and oxygen atoms in total. The van der Waals surface area contributed by atoms with Crippen LogP contribution in [0.25, 0.3) is 0 Å². The Bertz CT molecular complexity index is 1610. The molecule has 0 aliphatic heterocycles. The quantitative estimate of drug-likeness (QED) is 0.227. The van der Waals surface area contributed by atoms with Gasteiger partial charge in [-0.25, -0.2) is 12.8 Å². The molecule has 0 saturated heterocycles. The van der Waals surface area contributed by atoms with E-state index in [4.69, 9.17) is 4.74 Å². The zero-order valence-electron chi connectivity index (χ0n) is 24.7. The van der Waals surface area contributed by atoms with Gasteiger partial charge in [-0.1, -0.05) is 31.0 Å². The standard InChI is InChI=1S/C31H35FN4O7S/c1-21-8-17-28(18-29(21)36(39)40)44(41,42)35(26-13-15-27(43-3)16-14-26)20-30(37)34(19-23-9-11-24(32)12-10-23)22(2)31(38)33-25-6-4-5-7-25/h8-18,22,25H,4-7,19-20H2,1-3H3,(H,33,38)/t22-/m1/s1. The minimum atomic E-state index is -4.53. The minimum absolute atomic E-state index is 0.0128. The highest BCUT2D eigenvalue weighted by Gasteiger charge is 2.34. The summed E-state index contributed by atoms with van der Waals surface area (Å²) in [6.07, 6.45) is 3.64. The SMILES string of the molecule is COc1ccc(N(CC(=O)N(Cc2ccc(F)cc2)[C@H](C)C(=O)NC2CCCC2)S(=O)(=O)c2ccc(C)c([N+](=O)[O-])c2)cc1. The molecule has 2 amide bonds. The summed E-state index contributed by atoms with van der Waals surface area (Å²) in [5, 5.41) is 14.6. The summed E-state index contributed by atoms with van der Waals surface area (Å²) in [5.74, 6) is -1.12. The topological polar surface area (TPSA) is 139 Å². The Morgan fingerprint density at radius 2 is 1.70 bits per heavy atom. The molecule has 13 heteroatoms. The molecule has 0 aromatic heterocycles. The van der Waals surface area contributed by atoms with Crippen LogP contribution in [0.1, 0.15) is 43.7 Å². The summed E-state index contributed by atoms with van der Waals surface area (Å²) >= 11 is 0. The van der Waals surface area contributed by atoms with Crippen molar-refractivity contribution in [2.45, 2.75) is 63.1 Å². The van der Waals surface area contributed by atoms with E-state index in [9.17, 15) is 32.5 Å². The van der Waals surface area contributed by atoms with Gasteiger partial charge in [0.1, 0.15) is 24.2 Å². The third-order valence-electron chi connectivity index (χ3n) is 7.74. The number of nitrogens with one attached hydrogen (secondary N) is 1. The Hall–Kier alpha value is -4.52. The third kappa shape index (κ3) is 7.51. The summed E-state index contributed by atoms with van der Waals surface area (Å²) in [6, 6.07) is 13.9. The summed E-state index contributed by atoms with van der Waals surface area (Å²) in [7, 11) is -3.08. The molecule has 3 aromatic carbocycles. The highest BCUT2D eigenvalue weighted by molar-refractivity contribution is 7.92. The monoisotopic (exact) mass is 626 g/mol. The number of aryl methyl sites for hydroxylation is 1. The third-order valence-corrected chi connectivity index (χ3v) is 9.51. The van der Waals surface area contributed by atoms with Crippen LogP contribution in [-0.4, -0.2) is 55.8 Å². The fraction of sp³-hybridized carbons (Fsp3) is 0.355. The van der Waals surface area contributed by atoms with Crippen molar-refractivity contribution in [1.82, 2.24) is 10.2 Å². The lowest BCUT2D eigenvalue weighted by Crippen LogP contribution is -2.52. The molecule has 0 unspecified atom stereocenters. The molecule has 3 aromatic rings. The van der Waals surface area contributed by atoms with Crippen LogP contribution in [0.15, 0.2) is 71.6 Å². The number of benzene rings is 3. The molecule has 0 radical (unpaired) electrons. The van der Waals surface area contributed by atoms with Crippen LogP contribution in [0, 0.1) is 22.9 Å². The van der Waals surface area contributed by atoms with Gasteiger partial charge in [-0.15, -0.1) is 0 Å². The van der Waals surface area contributed by atoms with Gasteiger partial charge in [0.05, 0.1) is 22.6 Å². The fourth-order valence-corrected chi connectivity index (χ4v) is 6.55. The average Bonchev–Trinajstić information content (AvgIpc) is 3.52. The zero-order valence-corrected chi connectivity index (χ0v) is 25.6. The number of sulfonamides is 1. The van der Waals surface area contributed by atoms with E-state index in [0.717, 1.165) is 36.1 Å². The lowest BCUT2D eigenvalue weighted by atomic mass is 10.1. The number of anilines is 1. The van der Waals surface area contributed by atoms with E-state index in [0.29, 0.717) is 11.3 Å². The van der Waals surface area contributed by atoms with E-state index in [1.54, 1.807) is 6.92 Å². The summed E-state index contributed by atoms with van der Waals surface area (Å²) in [4.78, 5) is 39.1. The van der Waals surface area contributed by atoms with Crippen LogP contribution in [0.4, 0.5) is 15.8 Å². The van der Waals surface area contributed by atoms with Gasteiger partial charge in [-0.2, -0.15) is 0 Å². The minimum Gasteiger partial charge on any atom is -0.497 e. The van der Waals surface area contributed by atoms with E-state index < -0.39 is 39.3 Å². The molecule has 0 bridgehead atoms. The second-order valence-corrected chi connectivity index (χ2v) is 12.6. The highest BCUT2D eigenvalue weighted by atomic mass is 32.2. The Morgan fingerprint density at radius 3 is 2.30 bits per heavy atom. The van der Waals surface area contributed by atoms with Gasteiger partial charge < -0.3 is 15.0 Å². The van der Waals surface area contributed by atoms with Crippen LogP contribution in [0.2, 0.25) is 0 Å². The average molecular weight is 627 g/mol. The maximum atomic E-state index is 14.0. The first-order valence-corrected chi connectivity index (χ1v) is 15.6. The smallest absolute Gasteiger partial charge is 0.273 e. The van der Waals surface area contributed by atoms with Crippen molar-refractivity contribution in [3.05, 3.63) is 93.8 Å². The fourth-order valence-electron chi connectivity index (χ4n) is 5.11. The number of halogens is 1. The van der Waals surface area contributed by atoms with E-state index in [-0.39, 0.29) is 40.3 Å². The lowest BCUT2D eigenvalue weighted by Gasteiger charge is -2.32. The summed E-state index contributed by atoms with van der Waals surface area (Å²) in [5.41, 5.74) is 0.524. The van der Waals surface area contributed by atoms with Crippen LogP contribution < -0.4 is 14.4 Å². The molecule has 44 heavy (non-hydrogen) atoms. The first-order chi connectivity index (χ1) is 20.9. The number of carbonyl (C=O) groups excluding carboxylic acids is 2. The number of rotatable bonds is 12. The van der Waals surface area contributed by atoms with Crippen LogP contribution in [-0.2, 0) is 26.2 Å². The van der Waals surface area contributed by atoms with Crippen molar-refractivity contribution < 1.29 is 32.1 Å². The number of ether oxygens (including phenoxy) is 1. The molecular formula is C31H35FN4O7S. The number of carbonyl (C=O) groups is 2. The van der Waals surface area contributed by atoms with Crippen molar-refractivity contribution in [2.24, 2.45) is 0 Å². The van der Waals surface area contributed by atoms with Crippen molar-refractivity contribution >= 4 is 33.2 Å². The molecule has 1 aliphatic carbocycles. The van der Waals surface area contributed by atoms with Crippen LogP contribution in [0.5, 0.6) is 5.75 Å². The van der Waals surface area contributed by atoms with Crippen molar-refractivity contribution in [3.63, 3.8) is 0 Å². The zero-order chi connectivity index (χ0) is 32.0. The van der Waals surface area contributed by atoms with E-state index >= 15 is 0 Å². The number of hydrogen-bond donors (Lipinski definition) is 1. The predicted molar refractivity (Wildman–Crippen MR) is 162 cm³/mol. The number of methoxy groups -OCH3 is 1. The maximum absolute atomic E-state index is 14.0. The first-order valence-electron chi connectivity index (χ1n) is 14.2. The Balaban J connectivity index is 1.73. The lowest BCUT2D eigenvalue weighted by molar-refractivity contribution is -0.385. The van der Waals surface area contributed by atoms with Gasteiger partial charge in [-0.05, 0) is 74.7 Å². The Morgan fingerprint density at radius 1 is 1.07 bits per heavy atom. The molecule has 1 N–H and O–H groups in total. The van der Waals surface area contributed by atoms with Crippen molar-refractivity contribution in [1.29, 1.82) is 0 Å². The van der Waals surface area contributed by atoms with Crippen LogP contribution >= 0.6 is 0 Å². The van der Waals surface area contributed by atoms with E-state index in [2.05, 4.69) is 5.32 Å². The van der Waals surface area contributed by atoms with Crippen molar-refractivity contribution in [3.8, 4) is 5.75 Å². The molecule has 1 fully saturated rings. The molecule has 1 aliphatic rings. The Labute approximate surface area is 255 Å². The highest BCUT2D eigenvalue weighted by Crippen LogP contribution is 2.29. The van der Waals surface area contributed by atoms with Gasteiger partial charge >= 0.3 is 0 Å². The van der Waals surface area contributed by atoms with Crippen molar-refractivity contribution in [2.75, 3.05) is 18.0 Å². The molecular weight excluding hydrogens is 591 g/mol. The molecule has 0 spiro atoms. The second-order valence-electron chi connectivity index (χ2n) is 10.7. The molecule has 234 valence electrons. The first kappa shape index (κ1) is 32.4. The number of nitro groups is 1. The van der Waals surface area contributed by atoms with Gasteiger partial charge in [0.15, 0.2) is 0 Å². The second kappa shape index (κ2) is 13.8. The molecule has 1 atom stereocenters. The normalized spacial score (nSPS) is 14.1. The largest absolute Gasteiger partial charge is 0.497 e. The number of amides is 2. The van der Waals surface area contributed by atoms with Gasteiger partial charge in [0.2, 0.25) is 11.8 Å². The van der Waals surface area contributed by atoms with E-state index in [1.165, 1.54) is 79.6 Å². The summed E-state index contributed by atoms with van der Waals surface area (Å²) < 4.78 is 47.8. The number of nitrogens with zero attached hydrogens (tertiary/aromatic N) is 3. The maximum Gasteiger partial charge on any atom is 0.273 e. The van der Waals surface area contributed by atoms with Gasteiger partial charge in [0.25, 0.3) is 15.7 Å². The summed E-state index contributed by atoms with van der Waals surface area (Å²) in [6.45, 7) is 2.23. The molecule has 1 saturated carbocycles. The van der Waals surface area contributed by atoms with Gasteiger partial charge in [0, 0.05) is 24.2 Å². The predicted octanol–water partition coefficient (Wildman–Crippen LogP) is 4.72. The van der Waals surface area contributed by atoms with Crippen LogP contribution in [0.3, 0.4) is 0 Å². The Kier molecular flexibility index (Phi) is 10.2. The van der Waals surface area contributed by atoms with E-state index in [1.807, 2.05) is 0 Å². The van der Waals surface area contributed by atoms with Gasteiger partial charge in [-0.3, -0.25) is 24.0 Å². The molecule has 0 heterocycles. The number of hydrogen-bond acceptors (Lipinski definition) is 7.